The van der Waals surface area contributed by atoms with Crippen molar-refractivity contribution >= 4 is 56.5 Å². The zero-order chi connectivity index (χ0) is 21.8. The number of halogens is 2. The number of hydrogen-bond donors (Lipinski definition) is 0. The quantitative estimate of drug-likeness (QED) is 0.192. The molecule has 1 aliphatic rings. The van der Waals surface area contributed by atoms with E-state index < -0.39 is 5.97 Å². The van der Waals surface area contributed by atoms with Gasteiger partial charge in [0, 0.05) is 9.13 Å². The highest BCUT2D eigenvalue weighted by molar-refractivity contribution is 14.1. The molecule has 3 aromatic rings. The molecule has 2 aromatic carbocycles. The topological polar surface area (TPSA) is 70.3 Å². The van der Waals surface area contributed by atoms with E-state index in [0.717, 1.165) is 9.13 Å². The van der Waals surface area contributed by atoms with E-state index in [4.69, 9.17) is 18.6 Å². The molecule has 0 fully saturated rings. The summed E-state index contributed by atoms with van der Waals surface area (Å²) < 4.78 is 24.1. The predicted molar refractivity (Wildman–Crippen MR) is 128 cm³/mol. The van der Waals surface area contributed by atoms with Crippen molar-refractivity contribution in [2.75, 3.05) is 6.61 Å². The third-order valence-corrected chi connectivity index (χ3v) is 5.96. The van der Waals surface area contributed by atoms with Crippen molar-refractivity contribution in [1.82, 2.24) is 0 Å². The smallest absolute Gasteiger partial charge is 0.363 e. The highest BCUT2D eigenvalue weighted by atomic mass is 127. The Kier molecular flexibility index (Phi) is 6.77. The van der Waals surface area contributed by atoms with Gasteiger partial charge >= 0.3 is 5.97 Å². The van der Waals surface area contributed by atoms with Crippen LogP contribution in [0.3, 0.4) is 0 Å². The Morgan fingerprint density at radius 3 is 2.74 bits per heavy atom. The summed E-state index contributed by atoms with van der Waals surface area (Å²) in [5, 5.41) is 0. The van der Waals surface area contributed by atoms with Crippen LogP contribution in [0.1, 0.15) is 23.8 Å². The molecule has 0 N–H and O–H groups in total. The molecular formula is C23H17BrINO5. The summed E-state index contributed by atoms with van der Waals surface area (Å²) in [6.07, 6.45) is 3.13. The van der Waals surface area contributed by atoms with Crippen molar-refractivity contribution in [3.63, 3.8) is 0 Å². The van der Waals surface area contributed by atoms with Crippen LogP contribution in [0.5, 0.6) is 11.5 Å². The fraction of sp³-hybridized carbons (Fsp3) is 0.130. The second kappa shape index (κ2) is 9.69. The number of aliphatic imine (C=N–C) groups is 1. The Morgan fingerprint density at radius 2 is 2.00 bits per heavy atom. The number of esters is 1. The number of cyclic esters (lactones) is 1. The standard InChI is InChI=1S/C23H17BrINO5/c1-2-28-20-12-14(11-18-23(27)31-22(26-18)19-8-5-9-29-19)10-16(24)21(20)30-13-15-6-3-4-7-17(15)25/h3-12H,2,13H2,1H3/b18-11-. The molecule has 0 radical (unpaired) electrons. The number of hydrogen-bond acceptors (Lipinski definition) is 6. The van der Waals surface area contributed by atoms with Gasteiger partial charge in [-0.05, 0) is 87.4 Å². The Hall–Kier alpha value is -2.59. The molecule has 2 heterocycles. The highest BCUT2D eigenvalue weighted by Gasteiger charge is 2.26. The molecule has 0 amide bonds. The third kappa shape index (κ3) is 5.01. The van der Waals surface area contributed by atoms with Gasteiger partial charge in [0.15, 0.2) is 23.0 Å². The zero-order valence-electron chi connectivity index (χ0n) is 16.4. The number of furan rings is 1. The number of carbonyl (C=O) groups excluding carboxylic acids is 1. The average molecular weight is 594 g/mol. The molecule has 1 aliphatic heterocycles. The fourth-order valence-electron chi connectivity index (χ4n) is 2.91. The van der Waals surface area contributed by atoms with Gasteiger partial charge in [-0.25, -0.2) is 9.79 Å². The molecule has 0 spiro atoms. The van der Waals surface area contributed by atoms with Crippen LogP contribution >= 0.6 is 38.5 Å². The van der Waals surface area contributed by atoms with Gasteiger partial charge in [-0.1, -0.05) is 18.2 Å². The fourth-order valence-corrected chi connectivity index (χ4v) is 4.03. The number of benzene rings is 2. The van der Waals surface area contributed by atoms with E-state index in [1.54, 1.807) is 24.3 Å². The first-order chi connectivity index (χ1) is 15.0. The molecule has 0 bridgehead atoms. The molecule has 158 valence electrons. The van der Waals surface area contributed by atoms with Gasteiger partial charge in [-0.15, -0.1) is 0 Å². The lowest BCUT2D eigenvalue weighted by Crippen LogP contribution is -2.04. The summed E-state index contributed by atoms with van der Waals surface area (Å²) >= 11 is 5.85. The van der Waals surface area contributed by atoms with E-state index in [0.29, 0.717) is 40.5 Å². The molecule has 0 unspecified atom stereocenters. The van der Waals surface area contributed by atoms with E-state index >= 15 is 0 Å². The van der Waals surface area contributed by atoms with Crippen molar-refractivity contribution in [2.45, 2.75) is 13.5 Å². The molecule has 0 aliphatic carbocycles. The number of carbonyl (C=O) groups is 1. The lowest BCUT2D eigenvalue weighted by molar-refractivity contribution is -0.130. The van der Waals surface area contributed by atoms with E-state index in [9.17, 15) is 4.79 Å². The van der Waals surface area contributed by atoms with Gasteiger partial charge in [-0.3, -0.25) is 0 Å². The molecule has 1 aromatic heterocycles. The Balaban J connectivity index is 1.62. The monoisotopic (exact) mass is 593 g/mol. The number of nitrogens with zero attached hydrogens (tertiary/aromatic N) is 1. The summed E-state index contributed by atoms with van der Waals surface area (Å²) in [7, 11) is 0. The van der Waals surface area contributed by atoms with Crippen LogP contribution < -0.4 is 9.47 Å². The molecule has 6 nitrogen and oxygen atoms in total. The van der Waals surface area contributed by atoms with E-state index in [2.05, 4.69) is 43.5 Å². The van der Waals surface area contributed by atoms with Crippen LogP contribution in [-0.4, -0.2) is 18.5 Å². The summed E-state index contributed by atoms with van der Waals surface area (Å²) in [5.41, 5.74) is 1.97. The maximum absolute atomic E-state index is 12.2. The first-order valence-electron chi connectivity index (χ1n) is 9.44. The summed E-state index contributed by atoms with van der Waals surface area (Å²) in [6, 6.07) is 15.1. The summed E-state index contributed by atoms with van der Waals surface area (Å²) in [4.78, 5) is 16.5. The molecule has 0 atom stereocenters. The lowest BCUT2D eigenvalue weighted by Gasteiger charge is -2.15. The third-order valence-electron chi connectivity index (χ3n) is 4.32. The van der Waals surface area contributed by atoms with Crippen LogP contribution in [0.15, 0.2) is 74.4 Å². The second-order valence-corrected chi connectivity index (χ2v) is 8.47. The highest BCUT2D eigenvalue weighted by Crippen LogP contribution is 2.38. The SMILES string of the molecule is CCOc1cc(/C=C2\N=C(c3ccco3)OC2=O)cc(Br)c1OCc1ccccc1I. The minimum Gasteiger partial charge on any atom is -0.490 e. The maximum atomic E-state index is 12.2. The minimum absolute atomic E-state index is 0.141. The Morgan fingerprint density at radius 1 is 1.16 bits per heavy atom. The first-order valence-corrected chi connectivity index (χ1v) is 11.3. The maximum Gasteiger partial charge on any atom is 0.363 e. The van der Waals surface area contributed by atoms with Gasteiger partial charge in [0.25, 0.3) is 5.90 Å². The average Bonchev–Trinajstić information content (AvgIpc) is 3.39. The molecule has 0 saturated carbocycles. The van der Waals surface area contributed by atoms with Crippen molar-refractivity contribution in [1.29, 1.82) is 0 Å². The van der Waals surface area contributed by atoms with Crippen LogP contribution in [0.4, 0.5) is 0 Å². The second-order valence-electron chi connectivity index (χ2n) is 6.46. The summed E-state index contributed by atoms with van der Waals surface area (Å²) in [6.45, 7) is 2.77. The van der Waals surface area contributed by atoms with Gasteiger partial charge in [0.05, 0.1) is 17.3 Å². The zero-order valence-corrected chi connectivity index (χ0v) is 20.2. The van der Waals surface area contributed by atoms with E-state index in [1.807, 2.05) is 37.3 Å². The lowest BCUT2D eigenvalue weighted by atomic mass is 10.1. The van der Waals surface area contributed by atoms with Crippen LogP contribution in [0.2, 0.25) is 0 Å². The van der Waals surface area contributed by atoms with Crippen molar-refractivity contribution in [3.05, 3.63) is 85.4 Å². The van der Waals surface area contributed by atoms with Gasteiger partial charge in [0.1, 0.15) is 6.61 Å². The van der Waals surface area contributed by atoms with Gasteiger partial charge < -0.3 is 18.6 Å². The number of rotatable bonds is 7. The van der Waals surface area contributed by atoms with Crippen molar-refractivity contribution < 1.29 is 23.4 Å². The number of ether oxygens (including phenoxy) is 3. The van der Waals surface area contributed by atoms with Crippen LogP contribution in [-0.2, 0) is 16.1 Å². The summed E-state index contributed by atoms with van der Waals surface area (Å²) in [5.74, 6) is 1.16. The molecule has 8 heteroatoms. The molecule has 4 rings (SSSR count). The van der Waals surface area contributed by atoms with Crippen molar-refractivity contribution in [3.8, 4) is 11.5 Å². The van der Waals surface area contributed by atoms with Crippen LogP contribution in [0.25, 0.3) is 6.08 Å². The predicted octanol–water partition coefficient (Wildman–Crippen LogP) is 5.97. The largest absolute Gasteiger partial charge is 0.490 e. The Labute approximate surface area is 201 Å². The normalized spacial score (nSPS) is 14.5. The van der Waals surface area contributed by atoms with Crippen LogP contribution in [0, 0.1) is 3.57 Å². The molecule has 0 saturated heterocycles. The minimum atomic E-state index is -0.542. The first kappa shape index (κ1) is 21.6. The van der Waals surface area contributed by atoms with E-state index in [1.165, 1.54) is 6.26 Å². The van der Waals surface area contributed by atoms with Gasteiger partial charge in [-0.2, -0.15) is 0 Å². The Bertz CT molecular complexity index is 1170. The van der Waals surface area contributed by atoms with Gasteiger partial charge in [0.2, 0.25) is 0 Å². The van der Waals surface area contributed by atoms with E-state index in [-0.39, 0.29) is 11.6 Å². The molecular weight excluding hydrogens is 577 g/mol. The van der Waals surface area contributed by atoms with Crippen molar-refractivity contribution in [2.24, 2.45) is 4.99 Å². The molecule has 31 heavy (non-hydrogen) atoms.